The zero-order valence-electron chi connectivity index (χ0n) is 10.2. The molecule has 0 spiro atoms. The number of hydrogen-bond donors (Lipinski definition) is 3. The Morgan fingerprint density at radius 1 is 1.10 bits per heavy atom. The average molecular weight is 310 g/mol. The van der Waals surface area contributed by atoms with Crippen molar-refractivity contribution in [1.29, 1.82) is 0 Å². The normalized spacial score (nSPS) is 10.2. The lowest BCUT2D eigenvalue weighted by molar-refractivity contribution is 0.102. The molecule has 0 radical (unpaired) electrons. The third kappa shape index (κ3) is 3.52. The van der Waals surface area contributed by atoms with Crippen LogP contribution in [0.4, 0.5) is 5.69 Å². The smallest absolute Gasteiger partial charge is 0.423 e. The molecule has 3 N–H and O–H groups in total. The highest BCUT2D eigenvalue weighted by Gasteiger charge is 2.16. The standard InChI is InChI=1S/C13H10BCl2NO3/c15-9-2-1-3-10(7-9)17-13(18)11-5-4-8(14(19)20)6-12(11)16/h1-7,19-20H,(H,17,18). The van der Waals surface area contributed by atoms with E-state index in [-0.39, 0.29) is 16.0 Å². The van der Waals surface area contributed by atoms with Crippen LogP contribution in [0.2, 0.25) is 10.0 Å². The number of carbonyl (C=O) groups is 1. The first-order valence-corrected chi connectivity index (χ1v) is 6.45. The molecule has 0 aromatic heterocycles. The molecule has 20 heavy (non-hydrogen) atoms. The van der Waals surface area contributed by atoms with Gasteiger partial charge in [-0.1, -0.05) is 35.3 Å². The maximum Gasteiger partial charge on any atom is 0.488 e. The van der Waals surface area contributed by atoms with Crippen molar-refractivity contribution in [2.75, 3.05) is 5.32 Å². The lowest BCUT2D eigenvalue weighted by Gasteiger charge is -2.08. The second kappa shape index (κ2) is 6.28. The van der Waals surface area contributed by atoms with E-state index in [1.165, 1.54) is 18.2 Å². The molecular formula is C13H10BCl2NO3. The minimum atomic E-state index is -1.63. The molecular weight excluding hydrogens is 300 g/mol. The molecule has 0 aliphatic heterocycles. The maximum absolute atomic E-state index is 12.1. The number of carbonyl (C=O) groups excluding carboxylic acids is 1. The zero-order valence-corrected chi connectivity index (χ0v) is 11.7. The molecule has 102 valence electrons. The highest BCUT2D eigenvalue weighted by molar-refractivity contribution is 6.59. The maximum atomic E-state index is 12.1. The van der Waals surface area contributed by atoms with Crippen LogP contribution < -0.4 is 10.8 Å². The van der Waals surface area contributed by atoms with Gasteiger partial charge in [0.1, 0.15) is 0 Å². The number of rotatable bonds is 3. The fourth-order valence-electron chi connectivity index (χ4n) is 1.64. The van der Waals surface area contributed by atoms with Crippen molar-refractivity contribution in [3.05, 3.63) is 58.1 Å². The summed E-state index contributed by atoms with van der Waals surface area (Å²) in [5, 5.41) is 21.3. The molecule has 0 saturated carbocycles. The lowest BCUT2D eigenvalue weighted by atomic mass is 9.80. The van der Waals surface area contributed by atoms with E-state index >= 15 is 0 Å². The second-order valence-corrected chi connectivity index (χ2v) is 4.92. The molecule has 1 amide bonds. The number of nitrogens with one attached hydrogen (secondary N) is 1. The van der Waals surface area contributed by atoms with Crippen LogP contribution in [0.1, 0.15) is 10.4 Å². The third-order valence-corrected chi connectivity index (χ3v) is 3.17. The molecule has 0 unspecified atom stereocenters. The van der Waals surface area contributed by atoms with Crippen molar-refractivity contribution < 1.29 is 14.8 Å². The Hall–Kier alpha value is -1.53. The number of hydrogen-bond acceptors (Lipinski definition) is 3. The largest absolute Gasteiger partial charge is 0.488 e. The van der Waals surface area contributed by atoms with Crippen molar-refractivity contribution in [3.63, 3.8) is 0 Å². The van der Waals surface area contributed by atoms with Gasteiger partial charge in [-0.05, 0) is 35.8 Å². The van der Waals surface area contributed by atoms with E-state index in [0.717, 1.165) is 0 Å². The molecule has 0 bridgehead atoms. The van der Waals surface area contributed by atoms with E-state index in [1.807, 2.05) is 0 Å². The fraction of sp³-hybridized carbons (Fsp3) is 0. The van der Waals surface area contributed by atoms with Gasteiger partial charge in [0.15, 0.2) is 0 Å². The summed E-state index contributed by atoms with van der Waals surface area (Å²) in [7, 11) is -1.63. The first kappa shape index (κ1) is 14.9. The van der Waals surface area contributed by atoms with Crippen molar-refractivity contribution in [2.45, 2.75) is 0 Å². The summed E-state index contributed by atoms with van der Waals surface area (Å²) in [6.07, 6.45) is 0. The van der Waals surface area contributed by atoms with Gasteiger partial charge in [0.05, 0.1) is 10.6 Å². The Morgan fingerprint density at radius 3 is 2.45 bits per heavy atom. The van der Waals surface area contributed by atoms with Crippen molar-refractivity contribution in [3.8, 4) is 0 Å². The molecule has 2 aromatic carbocycles. The summed E-state index contributed by atoms with van der Waals surface area (Å²) in [6.45, 7) is 0. The highest BCUT2D eigenvalue weighted by Crippen LogP contribution is 2.19. The van der Waals surface area contributed by atoms with Crippen LogP contribution in [0.15, 0.2) is 42.5 Å². The Balaban J connectivity index is 2.21. The predicted octanol–water partition coefficient (Wildman–Crippen LogP) is 1.93. The van der Waals surface area contributed by atoms with E-state index in [0.29, 0.717) is 10.7 Å². The summed E-state index contributed by atoms with van der Waals surface area (Å²) in [5.74, 6) is -0.406. The topological polar surface area (TPSA) is 69.6 Å². The van der Waals surface area contributed by atoms with E-state index < -0.39 is 13.0 Å². The second-order valence-electron chi connectivity index (χ2n) is 4.08. The minimum absolute atomic E-state index is 0.134. The molecule has 2 rings (SSSR count). The third-order valence-electron chi connectivity index (χ3n) is 2.62. The molecule has 0 fully saturated rings. The quantitative estimate of drug-likeness (QED) is 0.759. The number of benzene rings is 2. The van der Waals surface area contributed by atoms with Crippen molar-refractivity contribution in [2.24, 2.45) is 0 Å². The van der Waals surface area contributed by atoms with E-state index in [9.17, 15) is 4.79 Å². The Kier molecular flexibility index (Phi) is 4.67. The van der Waals surface area contributed by atoms with Gasteiger partial charge < -0.3 is 15.4 Å². The molecule has 0 aliphatic carbocycles. The van der Waals surface area contributed by atoms with Crippen LogP contribution in [-0.2, 0) is 0 Å². The predicted molar refractivity (Wildman–Crippen MR) is 80.7 cm³/mol. The van der Waals surface area contributed by atoms with Crippen LogP contribution in [0, 0.1) is 0 Å². The van der Waals surface area contributed by atoms with Crippen LogP contribution in [0.25, 0.3) is 0 Å². The molecule has 0 aliphatic rings. The van der Waals surface area contributed by atoms with Crippen LogP contribution >= 0.6 is 23.2 Å². The van der Waals surface area contributed by atoms with Crippen LogP contribution in [0.3, 0.4) is 0 Å². The average Bonchev–Trinajstić information content (AvgIpc) is 2.38. The van der Waals surface area contributed by atoms with E-state index in [4.69, 9.17) is 33.2 Å². The van der Waals surface area contributed by atoms with Gasteiger partial charge in [-0.2, -0.15) is 0 Å². The lowest BCUT2D eigenvalue weighted by Crippen LogP contribution is -2.30. The van der Waals surface area contributed by atoms with Gasteiger partial charge in [0, 0.05) is 10.7 Å². The molecule has 2 aromatic rings. The van der Waals surface area contributed by atoms with Crippen molar-refractivity contribution in [1.82, 2.24) is 0 Å². The van der Waals surface area contributed by atoms with Gasteiger partial charge in [0.25, 0.3) is 5.91 Å². The molecule has 4 nitrogen and oxygen atoms in total. The van der Waals surface area contributed by atoms with Crippen LogP contribution in [-0.4, -0.2) is 23.1 Å². The van der Waals surface area contributed by atoms with E-state index in [2.05, 4.69) is 5.32 Å². The summed E-state index contributed by atoms with van der Waals surface area (Å²) < 4.78 is 0. The number of halogens is 2. The molecule has 0 heterocycles. The Bertz CT molecular complexity index is 649. The highest BCUT2D eigenvalue weighted by atomic mass is 35.5. The summed E-state index contributed by atoms with van der Waals surface area (Å²) >= 11 is 11.8. The van der Waals surface area contributed by atoms with Gasteiger partial charge >= 0.3 is 7.12 Å². The van der Waals surface area contributed by atoms with Gasteiger partial charge in [-0.15, -0.1) is 0 Å². The van der Waals surface area contributed by atoms with E-state index in [1.54, 1.807) is 24.3 Å². The molecule has 0 saturated heterocycles. The van der Waals surface area contributed by atoms with Gasteiger partial charge in [-0.3, -0.25) is 4.79 Å². The minimum Gasteiger partial charge on any atom is -0.423 e. The molecule has 0 atom stereocenters. The zero-order chi connectivity index (χ0) is 14.7. The first-order valence-electron chi connectivity index (χ1n) is 5.70. The van der Waals surface area contributed by atoms with Crippen LogP contribution in [0.5, 0.6) is 0 Å². The van der Waals surface area contributed by atoms with Crippen molar-refractivity contribution >= 4 is 47.4 Å². The Labute approximate surface area is 126 Å². The fourth-order valence-corrected chi connectivity index (χ4v) is 2.11. The first-order chi connectivity index (χ1) is 9.47. The monoisotopic (exact) mass is 309 g/mol. The summed E-state index contributed by atoms with van der Waals surface area (Å²) in [6, 6.07) is 10.9. The molecule has 7 heteroatoms. The van der Waals surface area contributed by atoms with Gasteiger partial charge in [-0.25, -0.2) is 0 Å². The van der Waals surface area contributed by atoms with Gasteiger partial charge in [0.2, 0.25) is 0 Å². The number of anilines is 1. The Morgan fingerprint density at radius 2 is 1.85 bits per heavy atom. The SMILES string of the molecule is O=C(Nc1cccc(Cl)c1)c1ccc(B(O)O)cc1Cl. The number of amides is 1. The summed E-state index contributed by atoms with van der Waals surface area (Å²) in [4.78, 5) is 12.1. The summed E-state index contributed by atoms with van der Waals surface area (Å²) in [5.41, 5.74) is 0.996.